The van der Waals surface area contributed by atoms with Crippen LogP contribution in [0.1, 0.15) is 24.6 Å². The fourth-order valence-electron chi connectivity index (χ4n) is 3.02. The molecule has 2 unspecified atom stereocenters. The molecular formula is C14H18N2. The number of aromatic nitrogens is 1. The number of aryl methyl sites for hydroxylation is 1. The minimum absolute atomic E-state index is 0.652. The normalized spacial score (nSPS) is 28.5. The van der Waals surface area contributed by atoms with Crippen molar-refractivity contribution in [3.63, 3.8) is 0 Å². The number of nitrogens with zero attached hydrogens (tertiary/aromatic N) is 2. The van der Waals surface area contributed by atoms with E-state index in [1.807, 2.05) is 13.1 Å². The SMILES string of the molecule is CCN1CC2C=C(c3ccc(C)nc3)C1C2. The maximum atomic E-state index is 4.40. The first-order valence-corrected chi connectivity index (χ1v) is 6.16. The Hall–Kier alpha value is -1.15. The highest BCUT2D eigenvalue weighted by atomic mass is 15.2. The summed E-state index contributed by atoms with van der Waals surface area (Å²) >= 11 is 0. The largest absolute Gasteiger partial charge is 0.296 e. The Bertz CT molecular complexity index is 419. The quantitative estimate of drug-likeness (QED) is 0.752. The lowest BCUT2D eigenvalue weighted by Crippen LogP contribution is -2.31. The zero-order valence-electron chi connectivity index (χ0n) is 9.98. The van der Waals surface area contributed by atoms with Crippen molar-refractivity contribution in [3.05, 3.63) is 35.7 Å². The van der Waals surface area contributed by atoms with E-state index in [1.54, 1.807) is 0 Å². The van der Waals surface area contributed by atoms with Gasteiger partial charge in [-0.15, -0.1) is 0 Å². The van der Waals surface area contributed by atoms with Crippen LogP contribution >= 0.6 is 0 Å². The third kappa shape index (κ3) is 1.49. The van der Waals surface area contributed by atoms with Crippen molar-refractivity contribution in [3.8, 4) is 0 Å². The number of pyridine rings is 1. The van der Waals surface area contributed by atoms with E-state index in [-0.39, 0.29) is 0 Å². The molecule has 1 saturated heterocycles. The Labute approximate surface area is 97.0 Å². The van der Waals surface area contributed by atoms with Gasteiger partial charge in [-0.05, 0) is 43.0 Å². The molecule has 1 aromatic heterocycles. The van der Waals surface area contributed by atoms with Crippen molar-refractivity contribution in [2.24, 2.45) is 5.92 Å². The van der Waals surface area contributed by atoms with Gasteiger partial charge in [-0.1, -0.05) is 19.1 Å². The standard InChI is InChI=1S/C14H18N2/c1-3-16-9-11-6-13(14(16)7-11)12-5-4-10(2)15-8-12/h4-6,8,11,14H,3,7,9H2,1-2H3. The summed E-state index contributed by atoms with van der Waals surface area (Å²) in [6.07, 6.45) is 5.80. The summed E-state index contributed by atoms with van der Waals surface area (Å²) in [5, 5.41) is 0. The van der Waals surface area contributed by atoms with Crippen LogP contribution < -0.4 is 0 Å². The van der Waals surface area contributed by atoms with Crippen LogP contribution in [-0.4, -0.2) is 29.0 Å². The summed E-state index contributed by atoms with van der Waals surface area (Å²) in [4.78, 5) is 6.98. The van der Waals surface area contributed by atoms with Crippen molar-refractivity contribution in [1.82, 2.24) is 9.88 Å². The van der Waals surface area contributed by atoms with Crippen LogP contribution in [0.3, 0.4) is 0 Å². The highest BCUT2D eigenvalue weighted by Crippen LogP contribution is 2.41. The highest BCUT2D eigenvalue weighted by Gasteiger charge is 2.38. The van der Waals surface area contributed by atoms with Gasteiger partial charge in [0.2, 0.25) is 0 Å². The van der Waals surface area contributed by atoms with Crippen LogP contribution in [0, 0.1) is 12.8 Å². The molecular weight excluding hydrogens is 196 g/mol. The zero-order chi connectivity index (χ0) is 11.1. The van der Waals surface area contributed by atoms with Gasteiger partial charge in [0, 0.05) is 24.5 Å². The van der Waals surface area contributed by atoms with Crippen molar-refractivity contribution in [2.45, 2.75) is 26.3 Å². The number of hydrogen-bond acceptors (Lipinski definition) is 2. The molecule has 0 aromatic carbocycles. The molecule has 2 heteroatoms. The molecule has 2 nitrogen and oxygen atoms in total. The Morgan fingerprint density at radius 1 is 1.44 bits per heavy atom. The lowest BCUT2D eigenvalue weighted by atomic mass is 10.0. The third-order valence-corrected chi connectivity index (χ3v) is 3.86. The average molecular weight is 214 g/mol. The van der Waals surface area contributed by atoms with E-state index in [0.29, 0.717) is 6.04 Å². The first-order valence-electron chi connectivity index (χ1n) is 6.16. The molecule has 1 aliphatic heterocycles. The van der Waals surface area contributed by atoms with Crippen molar-refractivity contribution in [2.75, 3.05) is 13.1 Å². The molecule has 2 heterocycles. The molecule has 0 saturated carbocycles. The van der Waals surface area contributed by atoms with Gasteiger partial charge in [-0.3, -0.25) is 9.88 Å². The third-order valence-electron chi connectivity index (χ3n) is 3.86. The molecule has 2 bridgehead atoms. The Balaban J connectivity index is 1.91. The number of hydrogen-bond donors (Lipinski definition) is 0. The van der Waals surface area contributed by atoms with Crippen LogP contribution in [0.25, 0.3) is 5.57 Å². The summed E-state index contributed by atoms with van der Waals surface area (Å²) in [6, 6.07) is 4.97. The molecule has 0 spiro atoms. The molecule has 1 aromatic rings. The molecule has 84 valence electrons. The lowest BCUT2D eigenvalue weighted by Gasteiger charge is -2.26. The van der Waals surface area contributed by atoms with Gasteiger partial charge in [-0.2, -0.15) is 0 Å². The van der Waals surface area contributed by atoms with Gasteiger partial charge in [0.25, 0.3) is 0 Å². The van der Waals surface area contributed by atoms with E-state index >= 15 is 0 Å². The Morgan fingerprint density at radius 3 is 2.94 bits per heavy atom. The Kier molecular flexibility index (Phi) is 2.32. The van der Waals surface area contributed by atoms with Crippen LogP contribution in [0.15, 0.2) is 24.4 Å². The van der Waals surface area contributed by atoms with Crippen LogP contribution in [0.2, 0.25) is 0 Å². The van der Waals surface area contributed by atoms with Crippen LogP contribution in [0.5, 0.6) is 0 Å². The minimum Gasteiger partial charge on any atom is -0.296 e. The number of fused-ring (bicyclic) bond motifs is 2. The van der Waals surface area contributed by atoms with E-state index in [0.717, 1.165) is 18.2 Å². The summed E-state index contributed by atoms with van der Waals surface area (Å²) in [7, 11) is 0. The maximum absolute atomic E-state index is 4.40. The van der Waals surface area contributed by atoms with E-state index in [9.17, 15) is 0 Å². The van der Waals surface area contributed by atoms with E-state index in [4.69, 9.17) is 0 Å². The molecule has 1 fully saturated rings. The second-order valence-electron chi connectivity index (χ2n) is 4.91. The fourth-order valence-corrected chi connectivity index (χ4v) is 3.02. The smallest absolute Gasteiger partial charge is 0.0373 e. The molecule has 0 N–H and O–H groups in total. The Morgan fingerprint density at radius 2 is 2.31 bits per heavy atom. The van der Waals surface area contributed by atoms with E-state index < -0.39 is 0 Å². The molecule has 1 aliphatic carbocycles. The van der Waals surface area contributed by atoms with Crippen LogP contribution in [0.4, 0.5) is 0 Å². The summed E-state index contributed by atoms with van der Waals surface area (Å²) in [5.41, 5.74) is 3.92. The number of rotatable bonds is 2. The van der Waals surface area contributed by atoms with Gasteiger partial charge in [0.1, 0.15) is 0 Å². The van der Waals surface area contributed by atoms with Crippen molar-refractivity contribution >= 4 is 5.57 Å². The minimum atomic E-state index is 0.652. The number of likely N-dealkylation sites (tertiary alicyclic amines) is 1. The fraction of sp³-hybridized carbons (Fsp3) is 0.500. The van der Waals surface area contributed by atoms with Gasteiger partial charge in [0.05, 0.1) is 0 Å². The molecule has 0 radical (unpaired) electrons. The molecule has 2 atom stereocenters. The topological polar surface area (TPSA) is 16.1 Å². The molecule has 0 amide bonds. The maximum Gasteiger partial charge on any atom is 0.0373 e. The first-order chi connectivity index (χ1) is 7.78. The predicted octanol–water partition coefficient (Wildman–Crippen LogP) is 2.50. The monoisotopic (exact) mass is 214 g/mol. The van der Waals surface area contributed by atoms with E-state index in [1.165, 1.54) is 24.1 Å². The van der Waals surface area contributed by atoms with Gasteiger partial charge >= 0.3 is 0 Å². The van der Waals surface area contributed by atoms with Gasteiger partial charge in [0.15, 0.2) is 0 Å². The van der Waals surface area contributed by atoms with Crippen molar-refractivity contribution < 1.29 is 0 Å². The predicted molar refractivity (Wildman–Crippen MR) is 66.1 cm³/mol. The zero-order valence-corrected chi connectivity index (χ0v) is 9.98. The molecule has 2 aliphatic rings. The second-order valence-corrected chi connectivity index (χ2v) is 4.91. The highest BCUT2D eigenvalue weighted by molar-refractivity contribution is 5.72. The summed E-state index contributed by atoms with van der Waals surface area (Å²) in [5.74, 6) is 0.779. The van der Waals surface area contributed by atoms with Crippen molar-refractivity contribution in [1.29, 1.82) is 0 Å². The lowest BCUT2D eigenvalue weighted by molar-refractivity contribution is 0.303. The van der Waals surface area contributed by atoms with Gasteiger partial charge < -0.3 is 0 Å². The van der Waals surface area contributed by atoms with Gasteiger partial charge in [-0.25, -0.2) is 0 Å². The second kappa shape index (κ2) is 3.70. The van der Waals surface area contributed by atoms with Crippen LogP contribution in [-0.2, 0) is 0 Å². The molecule has 3 rings (SSSR count). The average Bonchev–Trinajstić information content (AvgIpc) is 2.89. The summed E-state index contributed by atoms with van der Waals surface area (Å²) in [6.45, 7) is 6.71. The summed E-state index contributed by atoms with van der Waals surface area (Å²) < 4.78 is 0. The number of likely N-dealkylation sites (N-methyl/N-ethyl adjacent to an activating group) is 1. The first kappa shape index (κ1) is 10.0. The molecule has 16 heavy (non-hydrogen) atoms. The van der Waals surface area contributed by atoms with E-state index in [2.05, 4.69) is 35.0 Å².